The molecule has 1 unspecified atom stereocenters. The predicted molar refractivity (Wildman–Crippen MR) is 114 cm³/mol. The number of nitrogens with zero attached hydrogens (tertiary/aromatic N) is 2. The third-order valence-corrected chi connectivity index (χ3v) is 6.65. The van der Waals surface area contributed by atoms with E-state index in [1.54, 1.807) is 11.8 Å². The smallest absolute Gasteiger partial charge is 0.120 e. The molecule has 1 saturated heterocycles. The molecule has 2 aliphatic heterocycles. The number of fused-ring (bicyclic) bond motifs is 1. The normalized spacial score (nSPS) is 21.8. The summed E-state index contributed by atoms with van der Waals surface area (Å²) in [6.45, 7) is 4.33. The van der Waals surface area contributed by atoms with Crippen molar-refractivity contribution in [2.24, 2.45) is 0 Å². The molecular weight excluding hydrogens is 352 g/mol. The van der Waals surface area contributed by atoms with Crippen LogP contribution in [-0.4, -0.2) is 55.9 Å². The number of rotatable bonds is 4. The van der Waals surface area contributed by atoms with Crippen LogP contribution in [0.2, 0.25) is 0 Å². The fourth-order valence-corrected chi connectivity index (χ4v) is 4.72. The van der Waals surface area contributed by atoms with E-state index in [9.17, 15) is 0 Å². The van der Waals surface area contributed by atoms with Crippen molar-refractivity contribution in [3.05, 3.63) is 59.2 Å². The van der Waals surface area contributed by atoms with Crippen LogP contribution in [0, 0.1) is 0 Å². The lowest BCUT2D eigenvalue weighted by molar-refractivity contribution is 0.114. The van der Waals surface area contributed by atoms with Crippen molar-refractivity contribution in [3.8, 4) is 5.75 Å². The summed E-state index contributed by atoms with van der Waals surface area (Å²) >= 11 is 1.80. The van der Waals surface area contributed by atoms with Crippen molar-refractivity contribution in [2.45, 2.75) is 36.3 Å². The lowest BCUT2D eigenvalue weighted by Crippen LogP contribution is -2.35. The highest BCUT2D eigenvalue weighted by molar-refractivity contribution is 7.98. The largest absolute Gasteiger partial charge is 0.490 e. The topological polar surface area (TPSA) is 15.7 Å². The highest BCUT2D eigenvalue weighted by atomic mass is 32.2. The zero-order chi connectivity index (χ0) is 18.8. The molecular formula is C23H30N2OS. The Bertz CT molecular complexity index is 768. The molecule has 0 radical (unpaired) electrons. The van der Waals surface area contributed by atoms with Gasteiger partial charge in [-0.05, 0) is 74.1 Å². The Balaban J connectivity index is 1.55. The van der Waals surface area contributed by atoms with E-state index in [4.69, 9.17) is 4.74 Å². The van der Waals surface area contributed by atoms with Crippen LogP contribution >= 0.6 is 11.8 Å². The minimum atomic E-state index is 0.357. The van der Waals surface area contributed by atoms with E-state index < -0.39 is 0 Å². The Morgan fingerprint density at radius 2 is 1.70 bits per heavy atom. The maximum absolute atomic E-state index is 6.33. The maximum Gasteiger partial charge on any atom is 0.120 e. The molecule has 0 saturated carbocycles. The predicted octanol–water partition coefficient (Wildman–Crippen LogP) is 4.46. The highest BCUT2D eigenvalue weighted by Crippen LogP contribution is 2.36. The lowest BCUT2D eigenvalue weighted by atomic mass is 9.85. The van der Waals surface area contributed by atoms with E-state index in [1.165, 1.54) is 21.6 Å². The van der Waals surface area contributed by atoms with Crippen LogP contribution in [0.5, 0.6) is 5.75 Å². The standard InChI is InChI=1S/C23H30N2OS/c1-24-12-10-19(11-13-24)26-20-6-9-22-18(14-20)15-25(2)16-23(22)17-4-7-21(27-3)8-5-17/h4-9,14,19,23H,10-13,15-16H2,1-3H3. The second kappa shape index (κ2) is 8.26. The van der Waals surface area contributed by atoms with Crippen LogP contribution < -0.4 is 4.74 Å². The van der Waals surface area contributed by atoms with Gasteiger partial charge < -0.3 is 14.5 Å². The van der Waals surface area contributed by atoms with E-state index in [1.807, 2.05) is 0 Å². The fraction of sp³-hybridized carbons (Fsp3) is 0.478. The zero-order valence-corrected chi connectivity index (χ0v) is 17.5. The summed E-state index contributed by atoms with van der Waals surface area (Å²) in [4.78, 5) is 6.13. The molecule has 0 aromatic heterocycles. The number of likely N-dealkylation sites (N-methyl/N-ethyl adjacent to an activating group) is 1. The van der Waals surface area contributed by atoms with Crippen molar-refractivity contribution in [1.82, 2.24) is 9.80 Å². The second-order valence-corrected chi connectivity index (χ2v) is 8.88. The summed E-state index contributed by atoms with van der Waals surface area (Å²) in [6, 6.07) is 15.8. The Morgan fingerprint density at radius 1 is 0.963 bits per heavy atom. The van der Waals surface area contributed by atoms with Gasteiger partial charge in [-0.2, -0.15) is 0 Å². The van der Waals surface area contributed by atoms with Gasteiger partial charge in [-0.15, -0.1) is 11.8 Å². The molecule has 0 bridgehead atoms. The van der Waals surface area contributed by atoms with Crippen molar-refractivity contribution >= 4 is 11.8 Å². The molecule has 2 heterocycles. The molecule has 4 rings (SSSR count). The van der Waals surface area contributed by atoms with Gasteiger partial charge in [0.1, 0.15) is 11.9 Å². The molecule has 144 valence electrons. The third kappa shape index (κ3) is 4.34. The number of thioether (sulfide) groups is 1. The molecule has 1 fully saturated rings. The Hall–Kier alpha value is -1.49. The van der Waals surface area contributed by atoms with Gasteiger partial charge in [-0.3, -0.25) is 0 Å². The zero-order valence-electron chi connectivity index (χ0n) is 16.6. The summed E-state index contributed by atoms with van der Waals surface area (Å²) in [5.74, 6) is 1.47. The molecule has 2 aliphatic rings. The number of hydrogen-bond donors (Lipinski definition) is 0. The summed E-state index contributed by atoms with van der Waals surface area (Å²) in [5, 5.41) is 0. The number of likely N-dealkylation sites (tertiary alicyclic amines) is 1. The molecule has 0 amide bonds. The van der Waals surface area contributed by atoms with Gasteiger partial charge >= 0.3 is 0 Å². The van der Waals surface area contributed by atoms with Crippen LogP contribution in [0.15, 0.2) is 47.4 Å². The van der Waals surface area contributed by atoms with Gasteiger partial charge in [-0.25, -0.2) is 0 Å². The fourth-order valence-electron chi connectivity index (χ4n) is 4.31. The molecule has 1 atom stereocenters. The third-order valence-electron chi connectivity index (χ3n) is 5.91. The van der Waals surface area contributed by atoms with Gasteiger partial charge in [-0.1, -0.05) is 18.2 Å². The molecule has 2 aromatic carbocycles. The molecule has 4 heteroatoms. The van der Waals surface area contributed by atoms with Crippen molar-refractivity contribution in [2.75, 3.05) is 40.0 Å². The average molecular weight is 383 g/mol. The molecule has 0 aliphatic carbocycles. The van der Waals surface area contributed by atoms with E-state index in [0.29, 0.717) is 12.0 Å². The Morgan fingerprint density at radius 3 is 2.41 bits per heavy atom. The van der Waals surface area contributed by atoms with Gasteiger partial charge in [0.2, 0.25) is 0 Å². The minimum absolute atomic E-state index is 0.357. The van der Waals surface area contributed by atoms with E-state index in [-0.39, 0.29) is 0 Å². The summed E-state index contributed by atoms with van der Waals surface area (Å²) in [6.07, 6.45) is 4.73. The molecule has 0 spiro atoms. The Labute approximate surface area is 167 Å². The summed E-state index contributed by atoms with van der Waals surface area (Å²) in [7, 11) is 4.41. The Kier molecular flexibility index (Phi) is 5.76. The van der Waals surface area contributed by atoms with Crippen LogP contribution in [0.1, 0.15) is 35.4 Å². The van der Waals surface area contributed by atoms with Gasteiger partial charge in [0.15, 0.2) is 0 Å². The van der Waals surface area contributed by atoms with Crippen LogP contribution in [-0.2, 0) is 6.54 Å². The van der Waals surface area contributed by atoms with Crippen molar-refractivity contribution in [3.63, 3.8) is 0 Å². The van der Waals surface area contributed by atoms with E-state index in [2.05, 4.69) is 72.6 Å². The summed E-state index contributed by atoms with van der Waals surface area (Å²) in [5.41, 5.74) is 4.28. The van der Waals surface area contributed by atoms with E-state index in [0.717, 1.165) is 44.8 Å². The number of hydrogen-bond acceptors (Lipinski definition) is 4. The number of benzene rings is 2. The first-order valence-corrected chi connectivity index (χ1v) is 11.2. The van der Waals surface area contributed by atoms with Gasteiger partial charge in [0.25, 0.3) is 0 Å². The van der Waals surface area contributed by atoms with E-state index >= 15 is 0 Å². The van der Waals surface area contributed by atoms with Crippen LogP contribution in [0.4, 0.5) is 0 Å². The average Bonchev–Trinajstić information content (AvgIpc) is 2.69. The first-order chi connectivity index (χ1) is 13.1. The molecule has 3 nitrogen and oxygen atoms in total. The SMILES string of the molecule is CSc1ccc(C2CN(C)Cc3cc(OC4CCN(C)CC4)ccc32)cc1. The van der Waals surface area contributed by atoms with Crippen molar-refractivity contribution in [1.29, 1.82) is 0 Å². The van der Waals surface area contributed by atoms with Gasteiger partial charge in [0, 0.05) is 37.0 Å². The first kappa shape index (κ1) is 18.9. The maximum atomic E-state index is 6.33. The quantitative estimate of drug-likeness (QED) is 0.725. The van der Waals surface area contributed by atoms with Crippen molar-refractivity contribution < 1.29 is 4.74 Å². The van der Waals surface area contributed by atoms with Crippen LogP contribution in [0.3, 0.4) is 0 Å². The monoisotopic (exact) mass is 382 g/mol. The second-order valence-electron chi connectivity index (χ2n) is 8.00. The number of ether oxygens (including phenoxy) is 1. The van der Waals surface area contributed by atoms with Gasteiger partial charge in [0.05, 0.1) is 0 Å². The lowest BCUT2D eigenvalue weighted by Gasteiger charge is -2.34. The highest BCUT2D eigenvalue weighted by Gasteiger charge is 2.26. The molecule has 2 aromatic rings. The molecule has 0 N–H and O–H groups in total. The molecule has 27 heavy (non-hydrogen) atoms. The first-order valence-electron chi connectivity index (χ1n) is 9.93. The minimum Gasteiger partial charge on any atom is -0.490 e. The summed E-state index contributed by atoms with van der Waals surface area (Å²) < 4.78 is 6.33. The van der Waals surface area contributed by atoms with Crippen LogP contribution in [0.25, 0.3) is 0 Å². The number of piperidine rings is 1.